The van der Waals surface area contributed by atoms with Crippen molar-refractivity contribution in [3.63, 3.8) is 0 Å². The molecule has 17 heavy (non-hydrogen) atoms. The summed E-state index contributed by atoms with van der Waals surface area (Å²) in [6.07, 6.45) is 7.23. The van der Waals surface area contributed by atoms with Gasteiger partial charge in [-0.3, -0.25) is 0 Å². The summed E-state index contributed by atoms with van der Waals surface area (Å²) < 4.78 is 0. The molecule has 0 amide bonds. The molecule has 1 heterocycles. The molecule has 0 saturated heterocycles. The Morgan fingerprint density at radius 2 is 2.18 bits per heavy atom. The van der Waals surface area contributed by atoms with Gasteiger partial charge in [-0.25, -0.2) is 9.97 Å². The van der Waals surface area contributed by atoms with Crippen LogP contribution in [0.3, 0.4) is 0 Å². The van der Waals surface area contributed by atoms with Gasteiger partial charge in [0.1, 0.15) is 12.1 Å². The fourth-order valence-electron chi connectivity index (χ4n) is 2.48. The van der Waals surface area contributed by atoms with Crippen molar-refractivity contribution in [3.8, 4) is 0 Å². The summed E-state index contributed by atoms with van der Waals surface area (Å²) in [6.45, 7) is 2.35. The van der Waals surface area contributed by atoms with E-state index in [0.717, 1.165) is 30.8 Å². The number of aliphatic hydroxyl groups is 1. The van der Waals surface area contributed by atoms with Crippen molar-refractivity contribution < 1.29 is 5.11 Å². The van der Waals surface area contributed by atoms with Crippen molar-refractivity contribution >= 4 is 5.82 Å². The Labute approximate surface area is 102 Å². The highest BCUT2D eigenvalue weighted by atomic mass is 16.3. The number of nitrogens with zero attached hydrogens (tertiary/aromatic N) is 2. The maximum atomic E-state index is 9.37. The normalized spacial score (nSPS) is 24.6. The summed E-state index contributed by atoms with van der Waals surface area (Å²) in [6, 6.07) is 2.36. The quantitative estimate of drug-likeness (QED) is 0.838. The molecule has 2 unspecified atom stereocenters. The molecule has 1 fully saturated rings. The van der Waals surface area contributed by atoms with E-state index in [1.165, 1.54) is 12.8 Å². The minimum absolute atomic E-state index is 0.267. The molecule has 2 rings (SSSR count). The third-order valence-electron chi connectivity index (χ3n) is 3.56. The van der Waals surface area contributed by atoms with Gasteiger partial charge in [0, 0.05) is 30.3 Å². The molecule has 0 bridgehead atoms. The molecule has 0 radical (unpaired) electrons. The first-order valence-electron chi connectivity index (χ1n) is 6.51. The molecule has 0 spiro atoms. The second kappa shape index (κ2) is 5.96. The molecule has 1 aromatic rings. The van der Waals surface area contributed by atoms with Crippen LogP contribution in [-0.2, 0) is 6.42 Å². The van der Waals surface area contributed by atoms with Crippen LogP contribution in [0.2, 0.25) is 0 Å². The maximum absolute atomic E-state index is 9.37. The van der Waals surface area contributed by atoms with Crippen molar-refractivity contribution in [1.82, 2.24) is 9.97 Å². The minimum atomic E-state index is 0.267. The Hall–Kier alpha value is -1.16. The van der Waals surface area contributed by atoms with E-state index in [4.69, 9.17) is 0 Å². The second-order valence-corrected chi connectivity index (χ2v) is 4.73. The van der Waals surface area contributed by atoms with Gasteiger partial charge in [0.2, 0.25) is 0 Å². The first kappa shape index (κ1) is 12.3. The summed E-state index contributed by atoms with van der Waals surface area (Å²) in [5.74, 6) is 1.26. The Morgan fingerprint density at radius 1 is 1.35 bits per heavy atom. The van der Waals surface area contributed by atoms with E-state index >= 15 is 0 Å². The van der Waals surface area contributed by atoms with Gasteiger partial charge in [0.05, 0.1) is 0 Å². The Bertz CT molecular complexity index is 356. The first-order valence-corrected chi connectivity index (χ1v) is 6.51. The summed E-state index contributed by atoms with van der Waals surface area (Å²) in [5, 5.41) is 12.8. The number of hydrogen-bond donors (Lipinski definition) is 2. The van der Waals surface area contributed by atoms with Crippen LogP contribution >= 0.6 is 0 Å². The van der Waals surface area contributed by atoms with E-state index in [9.17, 15) is 5.11 Å². The lowest BCUT2D eigenvalue weighted by molar-refractivity contribution is 0.178. The largest absolute Gasteiger partial charge is 0.396 e. The van der Waals surface area contributed by atoms with Gasteiger partial charge in [-0.2, -0.15) is 0 Å². The number of rotatable bonds is 4. The van der Waals surface area contributed by atoms with Gasteiger partial charge in [-0.15, -0.1) is 0 Å². The topological polar surface area (TPSA) is 58.0 Å². The zero-order valence-electron chi connectivity index (χ0n) is 10.4. The molecule has 0 aromatic carbocycles. The molecule has 1 aromatic heterocycles. The summed E-state index contributed by atoms with van der Waals surface area (Å²) in [4.78, 5) is 8.44. The van der Waals surface area contributed by atoms with Crippen molar-refractivity contribution in [2.45, 2.75) is 45.1 Å². The van der Waals surface area contributed by atoms with Crippen LogP contribution in [-0.4, -0.2) is 27.7 Å². The van der Waals surface area contributed by atoms with E-state index in [-0.39, 0.29) is 6.61 Å². The van der Waals surface area contributed by atoms with E-state index in [0.29, 0.717) is 12.0 Å². The third kappa shape index (κ3) is 3.16. The number of aryl methyl sites for hydroxylation is 1. The van der Waals surface area contributed by atoms with Gasteiger partial charge in [0.25, 0.3) is 0 Å². The zero-order valence-corrected chi connectivity index (χ0v) is 10.4. The number of anilines is 1. The predicted octanol–water partition coefficient (Wildman–Crippen LogP) is 2.00. The lowest BCUT2D eigenvalue weighted by Crippen LogP contribution is -2.34. The van der Waals surface area contributed by atoms with Crippen LogP contribution in [0, 0.1) is 5.92 Å². The average Bonchev–Trinajstić information content (AvgIpc) is 2.39. The van der Waals surface area contributed by atoms with Gasteiger partial charge in [0.15, 0.2) is 0 Å². The standard InChI is InChI=1S/C13H21N3O/c1-2-11-7-13(15-9-14-11)16-12-6-4-3-5-10(12)8-17/h7,9-10,12,17H,2-6,8H2,1H3,(H,14,15,16). The summed E-state index contributed by atoms with van der Waals surface area (Å²) in [5.41, 5.74) is 1.05. The molecule has 0 aliphatic heterocycles. The highest BCUT2D eigenvalue weighted by molar-refractivity contribution is 5.36. The fraction of sp³-hybridized carbons (Fsp3) is 0.692. The van der Waals surface area contributed by atoms with Crippen LogP contribution in [0.15, 0.2) is 12.4 Å². The molecule has 1 saturated carbocycles. The summed E-state index contributed by atoms with van der Waals surface area (Å²) in [7, 11) is 0. The number of aromatic nitrogens is 2. The van der Waals surface area contributed by atoms with Crippen LogP contribution in [0.1, 0.15) is 38.3 Å². The lowest BCUT2D eigenvalue weighted by atomic mass is 9.85. The van der Waals surface area contributed by atoms with Gasteiger partial charge < -0.3 is 10.4 Å². The van der Waals surface area contributed by atoms with E-state index in [1.807, 2.05) is 6.07 Å². The highest BCUT2D eigenvalue weighted by Gasteiger charge is 2.24. The van der Waals surface area contributed by atoms with E-state index < -0.39 is 0 Å². The van der Waals surface area contributed by atoms with Gasteiger partial charge in [-0.1, -0.05) is 19.8 Å². The average molecular weight is 235 g/mol. The van der Waals surface area contributed by atoms with Gasteiger partial charge in [-0.05, 0) is 19.3 Å². The van der Waals surface area contributed by atoms with Crippen LogP contribution < -0.4 is 5.32 Å². The second-order valence-electron chi connectivity index (χ2n) is 4.73. The molecular weight excluding hydrogens is 214 g/mol. The Morgan fingerprint density at radius 3 is 2.94 bits per heavy atom. The van der Waals surface area contributed by atoms with Crippen LogP contribution in [0.25, 0.3) is 0 Å². The first-order chi connectivity index (χ1) is 8.33. The molecule has 1 aliphatic rings. The SMILES string of the molecule is CCc1cc(NC2CCCCC2CO)ncn1. The van der Waals surface area contributed by atoms with E-state index in [1.54, 1.807) is 6.33 Å². The van der Waals surface area contributed by atoms with Crippen molar-refractivity contribution in [1.29, 1.82) is 0 Å². The lowest BCUT2D eigenvalue weighted by Gasteiger charge is -2.31. The molecule has 2 atom stereocenters. The number of nitrogens with one attached hydrogen (secondary N) is 1. The maximum Gasteiger partial charge on any atom is 0.129 e. The molecule has 4 nitrogen and oxygen atoms in total. The molecule has 2 N–H and O–H groups in total. The van der Waals surface area contributed by atoms with Gasteiger partial charge >= 0.3 is 0 Å². The monoisotopic (exact) mass is 235 g/mol. The molecule has 4 heteroatoms. The van der Waals surface area contributed by atoms with Crippen LogP contribution in [0.5, 0.6) is 0 Å². The molecular formula is C13H21N3O. The Kier molecular flexibility index (Phi) is 4.31. The third-order valence-corrected chi connectivity index (χ3v) is 3.56. The van der Waals surface area contributed by atoms with Crippen molar-refractivity contribution in [3.05, 3.63) is 18.1 Å². The van der Waals surface area contributed by atoms with Crippen molar-refractivity contribution in [2.75, 3.05) is 11.9 Å². The smallest absolute Gasteiger partial charge is 0.129 e. The zero-order chi connectivity index (χ0) is 12.1. The van der Waals surface area contributed by atoms with Crippen LogP contribution in [0.4, 0.5) is 5.82 Å². The predicted molar refractivity (Wildman–Crippen MR) is 67.9 cm³/mol. The molecule has 1 aliphatic carbocycles. The Balaban J connectivity index is 2.02. The highest BCUT2D eigenvalue weighted by Crippen LogP contribution is 2.26. The number of hydrogen-bond acceptors (Lipinski definition) is 4. The number of aliphatic hydroxyl groups excluding tert-OH is 1. The summed E-state index contributed by atoms with van der Waals surface area (Å²) >= 11 is 0. The fourth-order valence-corrected chi connectivity index (χ4v) is 2.48. The van der Waals surface area contributed by atoms with E-state index in [2.05, 4.69) is 22.2 Å². The molecule has 94 valence electrons. The minimum Gasteiger partial charge on any atom is -0.396 e. The van der Waals surface area contributed by atoms with Crippen molar-refractivity contribution in [2.24, 2.45) is 5.92 Å².